The van der Waals surface area contributed by atoms with Crippen molar-refractivity contribution < 1.29 is 43.6 Å². The Balaban J connectivity index is 1.54. The quantitative estimate of drug-likeness (QED) is 0.0774. The predicted octanol–water partition coefficient (Wildman–Crippen LogP) is 6.43. The summed E-state index contributed by atoms with van der Waals surface area (Å²) >= 11 is 0. The van der Waals surface area contributed by atoms with Gasteiger partial charge in [0.2, 0.25) is 11.7 Å². The van der Waals surface area contributed by atoms with Crippen LogP contribution in [0.2, 0.25) is 0 Å². The molecule has 1 aliphatic heterocycles. The molecule has 1 heterocycles. The Kier molecular flexibility index (Phi) is 12.0. The third-order valence-electron chi connectivity index (χ3n) is 11.2. The van der Waals surface area contributed by atoms with Crippen LogP contribution in [0.1, 0.15) is 79.6 Å². The van der Waals surface area contributed by atoms with Crippen molar-refractivity contribution in [2.45, 2.75) is 75.5 Å². The minimum Gasteiger partial charge on any atom is -0.496 e. The minimum atomic E-state index is -1.27. The maximum absolute atomic E-state index is 13.8. The number of fused-ring (bicyclic) bond motifs is 2. The number of amides is 1. The van der Waals surface area contributed by atoms with E-state index < -0.39 is 11.8 Å². The summed E-state index contributed by atoms with van der Waals surface area (Å²) in [4.78, 5) is 32.9. The van der Waals surface area contributed by atoms with E-state index in [4.69, 9.17) is 23.8 Å². The van der Waals surface area contributed by atoms with Gasteiger partial charge in [0.05, 0.1) is 30.9 Å². The van der Waals surface area contributed by atoms with Crippen molar-refractivity contribution >= 4 is 17.9 Å². The number of methoxy groups -OCH3 is 1. The van der Waals surface area contributed by atoms with Crippen molar-refractivity contribution in [2.75, 3.05) is 41.1 Å². The number of allylic oxidation sites excluding steroid dienone is 1. The topological polar surface area (TPSA) is 136 Å². The zero-order chi connectivity index (χ0) is 36.8. The van der Waals surface area contributed by atoms with Gasteiger partial charge >= 0.3 is 0 Å². The molecule has 6 rings (SSSR count). The largest absolute Gasteiger partial charge is 0.496 e. The number of hydrogen-bond donors (Lipinski definition) is 2. The number of hydrogen-bond acceptors (Lipinski definition) is 10. The lowest BCUT2D eigenvalue weighted by Crippen LogP contribution is -2.69. The Labute approximate surface area is 306 Å². The van der Waals surface area contributed by atoms with Crippen LogP contribution in [-0.2, 0) is 14.4 Å². The van der Waals surface area contributed by atoms with E-state index in [9.17, 15) is 19.8 Å². The second-order valence-corrected chi connectivity index (χ2v) is 14.3. The van der Waals surface area contributed by atoms with Crippen molar-refractivity contribution in [1.29, 1.82) is 0 Å². The lowest BCUT2D eigenvalue weighted by molar-refractivity contribution is -0.255. The number of unbranched alkanes of at least 4 members (excludes halogenated alkanes) is 2. The molecule has 0 saturated heterocycles. The van der Waals surface area contributed by atoms with Crippen molar-refractivity contribution in [2.24, 2.45) is 28.8 Å². The summed E-state index contributed by atoms with van der Waals surface area (Å²) in [7, 11) is 4.90. The van der Waals surface area contributed by atoms with Crippen LogP contribution in [0, 0.1) is 23.7 Å². The van der Waals surface area contributed by atoms with Gasteiger partial charge in [0.25, 0.3) is 0 Å². The standard InChI is InChI=1S/C41H52N2O9/c1-5-20-50-41-37(43(2)40(47)26-12-13-26)24-34(42-49-4)32-22-27(10-6-8-18-44)31(11-7-9-19-45)38(39(32)41)33-23-30(15-17-36(33)52-41)51-29-14-16-35(48-3)28(21-29)25-46/h5,14-17,21-23,25-27,31,37-39,44-45H,1,6-13,18-20,24H2,2-4H3/t27-,31+,37-,38+,39+,41+/m0/s1. The smallest absolute Gasteiger partial charge is 0.239 e. The zero-order valence-electron chi connectivity index (χ0n) is 30.5. The van der Waals surface area contributed by atoms with Gasteiger partial charge in [-0.05, 0) is 92.3 Å². The van der Waals surface area contributed by atoms with E-state index in [0.29, 0.717) is 47.8 Å². The van der Waals surface area contributed by atoms with E-state index in [-0.39, 0.29) is 55.3 Å². The number of aldehydes is 1. The molecular formula is C41H52N2O9. The van der Waals surface area contributed by atoms with Crippen LogP contribution in [0.3, 0.4) is 0 Å². The average molecular weight is 717 g/mol. The molecule has 0 aromatic heterocycles. The molecule has 2 aromatic carbocycles. The van der Waals surface area contributed by atoms with Crippen molar-refractivity contribution in [3.05, 3.63) is 71.8 Å². The Morgan fingerprint density at radius 1 is 1.06 bits per heavy atom. The average Bonchev–Trinajstić information content (AvgIpc) is 4.01. The third-order valence-corrected chi connectivity index (χ3v) is 11.2. The van der Waals surface area contributed by atoms with Gasteiger partial charge in [0.1, 0.15) is 36.1 Å². The summed E-state index contributed by atoms with van der Waals surface area (Å²) in [6, 6.07) is 10.4. The highest BCUT2D eigenvalue weighted by Crippen LogP contribution is 2.62. The molecule has 2 aromatic rings. The van der Waals surface area contributed by atoms with E-state index in [0.717, 1.165) is 61.7 Å². The number of aliphatic hydroxyl groups excluding tert-OH is 2. The molecular weight excluding hydrogens is 664 g/mol. The molecule has 0 unspecified atom stereocenters. The Bertz CT molecular complexity index is 1670. The molecule has 0 spiro atoms. The number of aliphatic hydroxyl groups is 2. The lowest BCUT2D eigenvalue weighted by atomic mass is 9.55. The normalized spacial score (nSPS) is 26.7. The van der Waals surface area contributed by atoms with Crippen LogP contribution >= 0.6 is 0 Å². The molecule has 1 amide bonds. The van der Waals surface area contributed by atoms with Gasteiger partial charge < -0.3 is 38.9 Å². The van der Waals surface area contributed by atoms with E-state index in [1.807, 2.05) is 30.1 Å². The van der Waals surface area contributed by atoms with Gasteiger partial charge in [-0.15, -0.1) is 6.58 Å². The van der Waals surface area contributed by atoms with Gasteiger partial charge in [-0.25, -0.2) is 0 Å². The third kappa shape index (κ3) is 7.36. The molecule has 2 N–H and O–H groups in total. The number of carbonyl (C=O) groups excluding carboxylic acids is 2. The van der Waals surface area contributed by atoms with E-state index in [1.165, 1.54) is 7.11 Å². The first-order valence-electron chi connectivity index (χ1n) is 18.5. The molecule has 2 saturated carbocycles. The number of rotatable bonds is 18. The monoisotopic (exact) mass is 716 g/mol. The van der Waals surface area contributed by atoms with Gasteiger partial charge in [0, 0.05) is 44.1 Å². The molecule has 3 aliphatic carbocycles. The fourth-order valence-electron chi connectivity index (χ4n) is 8.68. The summed E-state index contributed by atoms with van der Waals surface area (Å²) in [5.41, 5.74) is 3.07. The number of ether oxygens (including phenoxy) is 4. The first-order chi connectivity index (χ1) is 25.3. The van der Waals surface area contributed by atoms with Crippen LogP contribution in [0.15, 0.2) is 65.9 Å². The molecule has 11 heteroatoms. The van der Waals surface area contributed by atoms with Gasteiger partial charge in [-0.2, -0.15) is 0 Å². The number of benzene rings is 2. The zero-order valence-corrected chi connectivity index (χ0v) is 30.5. The molecule has 2 fully saturated rings. The second kappa shape index (κ2) is 16.7. The van der Waals surface area contributed by atoms with Gasteiger partial charge in [-0.3, -0.25) is 9.59 Å². The van der Waals surface area contributed by atoms with Crippen LogP contribution in [0.25, 0.3) is 0 Å². The van der Waals surface area contributed by atoms with Crippen LogP contribution in [0.4, 0.5) is 0 Å². The van der Waals surface area contributed by atoms with Gasteiger partial charge in [0.15, 0.2) is 6.29 Å². The SMILES string of the molecule is C=CCO[C@@]12Oc3ccc(Oc4ccc(OC)c(C=O)c4)cc3[C@H]3[C@H](CCCCO)[C@@H](CCCCO)C=C(C(=NOC)C[C@@H]1N(C)C(=O)C1CC1)[C@H]32. The molecule has 52 heavy (non-hydrogen) atoms. The highest BCUT2D eigenvalue weighted by Gasteiger charge is 2.65. The maximum atomic E-state index is 13.8. The molecule has 0 bridgehead atoms. The minimum absolute atomic E-state index is 0.0150. The summed E-state index contributed by atoms with van der Waals surface area (Å²) in [5, 5.41) is 24.1. The summed E-state index contributed by atoms with van der Waals surface area (Å²) in [6.45, 7) is 4.40. The second-order valence-electron chi connectivity index (χ2n) is 14.3. The lowest BCUT2D eigenvalue weighted by Gasteiger charge is -2.59. The number of carbonyl (C=O) groups is 2. The molecule has 0 radical (unpaired) electrons. The number of likely N-dealkylation sites (N-methyl/N-ethyl adjacent to an activating group) is 1. The van der Waals surface area contributed by atoms with Crippen LogP contribution < -0.4 is 14.2 Å². The highest BCUT2D eigenvalue weighted by atomic mass is 16.7. The molecule has 11 nitrogen and oxygen atoms in total. The highest BCUT2D eigenvalue weighted by molar-refractivity contribution is 6.03. The number of nitrogens with zero attached hydrogens (tertiary/aromatic N) is 2. The van der Waals surface area contributed by atoms with E-state index >= 15 is 0 Å². The van der Waals surface area contributed by atoms with Crippen molar-refractivity contribution in [1.82, 2.24) is 4.90 Å². The predicted molar refractivity (Wildman–Crippen MR) is 196 cm³/mol. The van der Waals surface area contributed by atoms with E-state index in [2.05, 4.69) is 17.8 Å². The summed E-state index contributed by atoms with van der Waals surface area (Å²) in [6.07, 6.45) is 11.6. The van der Waals surface area contributed by atoms with Gasteiger partial charge in [-0.1, -0.05) is 30.1 Å². The summed E-state index contributed by atoms with van der Waals surface area (Å²) < 4.78 is 25.8. The van der Waals surface area contributed by atoms with Crippen molar-refractivity contribution in [3.63, 3.8) is 0 Å². The van der Waals surface area contributed by atoms with Crippen LogP contribution in [0.5, 0.6) is 23.0 Å². The fraction of sp³-hybridized carbons (Fsp3) is 0.537. The Morgan fingerprint density at radius 2 is 1.79 bits per heavy atom. The van der Waals surface area contributed by atoms with E-state index in [1.54, 1.807) is 31.4 Å². The van der Waals surface area contributed by atoms with Crippen molar-refractivity contribution in [3.8, 4) is 23.0 Å². The number of oxime groups is 1. The first-order valence-corrected chi connectivity index (χ1v) is 18.5. The maximum Gasteiger partial charge on any atom is 0.239 e. The van der Waals surface area contributed by atoms with Crippen LogP contribution in [-0.4, -0.2) is 85.9 Å². The first kappa shape index (κ1) is 37.6. The molecule has 6 atom stereocenters. The summed E-state index contributed by atoms with van der Waals surface area (Å²) in [5.74, 6) is 0.621. The Hall–Kier alpha value is -4.19. The Morgan fingerprint density at radius 3 is 2.46 bits per heavy atom. The molecule has 280 valence electrons. The molecule has 4 aliphatic rings. The fourth-order valence-corrected chi connectivity index (χ4v) is 8.68.